The number of rotatable bonds is 12. The number of ether oxygens (including phenoxy) is 2. The third-order valence-electron chi connectivity index (χ3n) is 7.28. The van der Waals surface area contributed by atoms with Crippen LogP contribution in [0.3, 0.4) is 0 Å². The van der Waals surface area contributed by atoms with Gasteiger partial charge in [-0.15, -0.1) is 11.8 Å². The third kappa shape index (κ3) is 8.15. The summed E-state index contributed by atoms with van der Waals surface area (Å²) in [7, 11) is -4.01. The van der Waals surface area contributed by atoms with E-state index in [1.54, 1.807) is 0 Å². The first-order valence-corrected chi connectivity index (χ1v) is 17.0. The van der Waals surface area contributed by atoms with Crippen LogP contribution in [0.1, 0.15) is 11.6 Å². The molecule has 0 radical (unpaired) electrons. The molecule has 0 aliphatic carbocycles. The van der Waals surface area contributed by atoms with Crippen LogP contribution in [0.15, 0.2) is 35.5 Å². The van der Waals surface area contributed by atoms with Gasteiger partial charge in [0.25, 0.3) is 5.91 Å². The molecular formula is C26H30N8O14S2. The number of carboxylic acids is 2. The Balaban J connectivity index is 1.54. The molecule has 3 aliphatic heterocycles. The van der Waals surface area contributed by atoms with Crippen LogP contribution in [-0.2, 0) is 38.7 Å². The highest BCUT2D eigenvalue weighted by atomic mass is 32.2. The maximum Gasteiger partial charge on any atom is 0.411 e. The Bertz CT molecular complexity index is 1770. The Morgan fingerprint density at radius 2 is 1.72 bits per heavy atom. The maximum absolute atomic E-state index is 13.7. The van der Waals surface area contributed by atoms with Gasteiger partial charge in [-0.3, -0.25) is 24.6 Å². The number of sulfonamides is 1. The summed E-state index contributed by atoms with van der Waals surface area (Å²) in [6.45, 7) is -1.81. The fourth-order valence-corrected chi connectivity index (χ4v) is 6.98. The highest BCUT2D eigenvalue weighted by Crippen LogP contribution is 2.40. The molecule has 4 atom stereocenters. The number of anilines is 1. The number of urea groups is 2. The van der Waals surface area contributed by atoms with Crippen molar-refractivity contribution in [2.24, 2.45) is 11.5 Å². The number of nitrogens with two attached hydrogens (primary N) is 2. The number of amides is 8. The van der Waals surface area contributed by atoms with Gasteiger partial charge in [0.2, 0.25) is 15.9 Å². The highest BCUT2D eigenvalue weighted by Gasteiger charge is 2.54. The van der Waals surface area contributed by atoms with E-state index in [4.69, 9.17) is 21.3 Å². The number of imide groups is 1. The molecule has 2 saturated heterocycles. The molecule has 1 aromatic rings. The number of nitrogens with zero attached hydrogens (tertiary/aromatic N) is 3. The van der Waals surface area contributed by atoms with Gasteiger partial charge in [0.05, 0.1) is 19.3 Å². The number of hydrogen-bond acceptors (Lipinski definition) is 14. The minimum absolute atomic E-state index is 0.0110. The molecule has 0 spiro atoms. The molecule has 4 rings (SSSR count). The second-order valence-corrected chi connectivity index (χ2v) is 13.7. The summed E-state index contributed by atoms with van der Waals surface area (Å²) in [6.07, 6.45) is -1.45. The van der Waals surface area contributed by atoms with Gasteiger partial charge in [-0.2, -0.15) is 0 Å². The van der Waals surface area contributed by atoms with E-state index in [0.29, 0.717) is 9.21 Å². The van der Waals surface area contributed by atoms with E-state index in [-0.39, 0.29) is 35.7 Å². The Kier molecular flexibility index (Phi) is 11.1. The summed E-state index contributed by atoms with van der Waals surface area (Å²) in [4.78, 5) is 100. The predicted octanol–water partition coefficient (Wildman–Crippen LogP) is -2.07. The van der Waals surface area contributed by atoms with E-state index in [0.717, 1.165) is 22.9 Å². The van der Waals surface area contributed by atoms with Gasteiger partial charge >= 0.3 is 36.2 Å². The first kappa shape index (κ1) is 37.2. The molecule has 9 N–H and O–H groups in total. The van der Waals surface area contributed by atoms with Gasteiger partial charge in [-0.05, 0) is 17.7 Å². The first-order valence-electron chi connectivity index (χ1n) is 14.1. The standard InChI is InChI=1S/C26H30N8O14S2/c1-50(45,46)33-7-6-32(26(33)44)24(42)31-15(11-2-4-13(5-3-11)29-25(43)48-9-14(27)21(37)38)18(35)30-16-19(36)34-17(22(39)40)12(8-47-23(28)41)10-49-20(16)34/h2-5,14-16,20H,6-10,27H2,1H3,(H2,28,41)(H,29,43)(H,30,35)(H,31,42)(H,37,38)(H,39,40)/t14-,15-,16-,20+/m1/s1. The zero-order valence-corrected chi connectivity index (χ0v) is 27.4. The summed E-state index contributed by atoms with van der Waals surface area (Å²) in [5.74, 6) is -4.74. The number of carbonyl (C=O) groups is 8. The number of fused-ring (bicyclic) bond motifs is 1. The SMILES string of the molecule is CS(=O)(=O)N1CCN(C(=O)N[C@@H](C(=O)N[C@@H]2C(=O)N3C(C(=O)O)=C(COC(N)=O)CS[C@@H]23)c2ccc(NC(=O)OC[C@@H](N)C(=O)O)cc2)C1=O. The smallest absolute Gasteiger partial charge is 0.411 e. The molecule has 2 fully saturated rings. The highest BCUT2D eigenvalue weighted by molar-refractivity contribution is 8.00. The van der Waals surface area contributed by atoms with Crippen LogP contribution in [-0.4, -0.2) is 137 Å². The molecule has 24 heteroatoms. The lowest BCUT2D eigenvalue weighted by molar-refractivity contribution is -0.151. The van der Waals surface area contributed by atoms with Crippen LogP contribution < -0.4 is 27.4 Å². The van der Waals surface area contributed by atoms with Crippen molar-refractivity contribution in [1.82, 2.24) is 24.7 Å². The van der Waals surface area contributed by atoms with Gasteiger partial charge < -0.3 is 41.8 Å². The van der Waals surface area contributed by atoms with Crippen LogP contribution in [0.5, 0.6) is 0 Å². The minimum Gasteiger partial charge on any atom is -0.480 e. The van der Waals surface area contributed by atoms with Crippen molar-refractivity contribution in [3.63, 3.8) is 0 Å². The topological polar surface area (TPSA) is 327 Å². The van der Waals surface area contributed by atoms with Gasteiger partial charge in [0.1, 0.15) is 42.4 Å². The van der Waals surface area contributed by atoms with Gasteiger partial charge in [-0.1, -0.05) is 12.1 Å². The predicted molar refractivity (Wildman–Crippen MR) is 167 cm³/mol. The zero-order valence-electron chi connectivity index (χ0n) is 25.8. The number of benzene rings is 1. The fourth-order valence-electron chi connectivity index (χ4n) is 4.85. The minimum atomic E-state index is -4.01. The molecule has 0 bridgehead atoms. The molecule has 3 aliphatic rings. The number of β-lactam (4-membered cyclic amide) rings is 1. The monoisotopic (exact) mass is 742 g/mol. The average molecular weight is 743 g/mol. The largest absolute Gasteiger partial charge is 0.480 e. The third-order valence-corrected chi connectivity index (χ3v) is 9.76. The molecule has 0 aromatic heterocycles. The number of thioether (sulfide) groups is 1. The first-order chi connectivity index (χ1) is 23.4. The quantitative estimate of drug-likeness (QED) is 0.113. The number of aliphatic carboxylic acids is 2. The number of nitrogens with one attached hydrogen (secondary N) is 3. The summed E-state index contributed by atoms with van der Waals surface area (Å²) >= 11 is 1.05. The molecule has 3 heterocycles. The van der Waals surface area contributed by atoms with Gasteiger partial charge in [-0.25, -0.2) is 41.6 Å². The maximum atomic E-state index is 13.7. The lowest BCUT2D eigenvalue weighted by Crippen LogP contribution is -2.71. The summed E-state index contributed by atoms with van der Waals surface area (Å²) in [6, 6.07) is -1.62. The summed E-state index contributed by atoms with van der Waals surface area (Å²) < 4.78 is 33.8. The van der Waals surface area contributed by atoms with Gasteiger partial charge in [0, 0.05) is 17.0 Å². The molecular weight excluding hydrogens is 712 g/mol. The second-order valence-electron chi connectivity index (χ2n) is 10.7. The van der Waals surface area contributed by atoms with Gasteiger partial charge in [0.15, 0.2) is 0 Å². The number of primary amides is 1. The van der Waals surface area contributed by atoms with Crippen LogP contribution in [0, 0.1) is 0 Å². The lowest BCUT2D eigenvalue weighted by Gasteiger charge is -2.49. The lowest BCUT2D eigenvalue weighted by atomic mass is 10.0. The zero-order chi connectivity index (χ0) is 37.1. The Morgan fingerprint density at radius 1 is 1.06 bits per heavy atom. The number of carboxylic acid groups (broad SMARTS) is 2. The van der Waals surface area contributed by atoms with E-state index < -0.39 is 100 Å². The number of carbonyl (C=O) groups excluding carboxylic acids is 6. The Labute approximate surface area is 286 Å². The summed E-state index contributed by atoms with van der Waals surface area (Å²) in [5, 5.41) is 24.8. The molecule has 270 valence electrons. The van der Waals surface area contributed by atoms with Crippen LogP contribution >= 0.6 is 11.8 Å². The van der Waals surface area contributed by atoms with E-state index in [9.17, 15) is 51.9 Å². The Morgan fingerprint density at radius 3 is 2.28 bits per heavy atom. The molecule has 0 unspecified atom stereocenters. The van der Waals surface area contributed by atoms with Crippen molar-refractivity contribution in [1.29, 1.82) is 0 Å². The summed E-state index contributed by atoms with van der Waals surface area (Å²) in [5.41, 5.74) is 10.0. The van der Waals surface area contributed by atoms with Crippen molar-refractivity contribution < 1.29 is 66.5 Å². The van der Waals surface area contributed by atoms with E-state index in [1.807, 2.05) is 0 Å². The van der Waals surface area contributed by atoms with E-state index in [2.05, 4.69) is 20.7 Å². The molecule has 8 amide bonds. The van der Waals surface area contributed by atoms with Crippen molar-refractivity contribution >= 4 is 75.5 Å². The van der Waals surface area contributed by atoms with Crippen molar-refractivity contribution in [2.75, 3.05) is 43.6 Å². The fraction of sp³-hybridized carbons (Fsp3) is 0.385. The normalized spacial score (nSPS) is 19.8. The van der Waals surface area contributed by atoms with E-state index >= 15 is 0 Å². The molecule has 1 aromatic carbocycles. The molecule has 50 heavy (non-hydrogen) atoms. The van der Waals surface area contributed by atoms with Crippen molar-refractivity contribution in [3.8, 4) is 0 Å². The Hall–Kier alpha value is -5.62. The molecule has 0 saturated carbocycles. The number of hydrogen-bond donors (Lipinski definition) is 7. The van der Waals surface area contributed by atoms with Crippen molar-refractivity contribution in [3.05, 3.63) is 41.1 Å². The van der Waals surface area contributed by atoms with Crippen LogP contribution in [0.25, 0.3) is 0 Å². The van der Waals surface area contributed by atoms with E-state index in [1.165, 1.54) is 24.3 Å². The molecule has 22 nitrogen and oxygen atoms in total. The average Bonchev–Trinajstić information content (AvgIpc) is 3.45. The second kappa shape index (κ2) is 14.9. The van der Waals surface area contributed by atoms with Crippen LogP contribution in [0.2, 0.25) is 0 Å². The van der Waals surface area contributed by atoms with Crippen molar-refractivity contribution in [2.45, 2.75) is 23.5 Å². The van der Waals surface area contributed by atoms with Crippen LogP contribution in [0.4, 0.5) is 24.9 Å².